The van der Waals surface area contributed by atoms with Crippen molar-refractivity contribution in [2.24, 2.45) is 4.99 Å². The van der Waals surface area contributed by atoms with Crippen molar-refractivity contribution >= 4 is 88.7 Å². The minimum absolute atomic E-state index is 0.0528. The molecule has 3 aromatic rings. The molecule has 4 atom stereocenters. The molecule has 0 spiro atoms. The van der Waals surface area contributed by atoms with Crippen LogP contribution in [0.2, 0.25) is 0 Å². The number of carbonyl (C=O) groups is 10. The summed E-state index contributed by atoms with van der Waals surface area (Å²) < 4.78 is 25.5. The number of ether oxygens (including phenoxy) is 2. The van der Waals surface area contributed by atoms with Crippen molar-refractivity contribution in [1.82, 2.24) is 60.6 Å². The molecule has 6 amide bonds. The van der Waals surface area contributed by atoms with Crippen LogP contribution < -0.4 is 26.0 Å². The van der Waals surface area contributed by atoms with Gasteiger partial charge in [-0.1, -0.05) is 29.8 Å². The normalized spacial score (nSPS) is 18.9. The highest BCUT2D eigenvalue weighted by Crippen LogP contribution is 2.33. The number of thiol groups is 1. The number of carbonyl (C=O) groups excluding carboxylic acids is 7. The predicted molar refractivity (Wildman–Crippen MR) is 349 cm³/mol. The summed E-state index contributed by atoms with van der Waals surface area (Å²) in [6.45, 7) is 5.08. The van der Waals surface area contributed by atoms with Crippen molar-refractivity contribution in [3.05, 3.63) is 71.4 Å². The first-order valence-electron chi connectivity index (χ1n) is 31.9. The summed E-state index contributed by atoms with van der Waals surface area (Å²) >= 11 is 3.90. The Morgan fingerprint density at radius 1 is 0.758 bits per heavy atom. The number of rotatable bonds is 31. The van der Waals surface area contributed by atoms with Crippen LogP contribution in [-0.4, -0.2) is 287 Å². The molecule has 95 heavy (non-hydrogen) atoms. The van der Waals surface area contributed by atoms with Gasteiger partial charge < -0.3 is 55.9 Å². The van der Waals surface area contributed by atoms with Gasteiger partial charge in [-0.15, -0.1) is 12.6 Å². The monoisotopic (exact) mass is 1340 g/mol. The number of alkyl halides is 1. The topological polar surface area (TPSA) is 370 Å². The van der Waals surface area contributed by atoms with Gasteiger partial charge in [-0.25, -0.2) is 4.39 Å². The van der Waals surface area contributed by atoms with Gasteiger partial charge in [0.25, 0.3) is 5.91 Å². The maximum atomic E-state index is 14.5. The molecule has 1 aromatic heterocycles. The van der Waals surface area contributed by atoms with Gasteiger partial charge in [0.2, 0.25) is 29.5 Å². The molecule has 518 valence electrons. The quantitative estimate of drug-likeness (QED) is 0.0144. The highest BCUT2D eigenvalue weighted by atomic mass is 32.1. The van der Waals surface area contributed by atoms with Gasteiger partial charge in [0, 0.05) is 116 Å². The molecular formula is C64H89FN14O15S. The van der Waals surface area contributed by atoms with E-state index < -0.39 is 89.5 Å². The molecule has 4 heterocycles. The van der Waals surface area contributed by atoms with E-state index in [1.54, 1.807) is 44.7 Å². The first-order valence-corrected chi connectivity index (χ1v) is 32.3. The summed E-state index contributed by atoms with van der Waals surface area (Å²) in [6.07, 6.45) is 3.72. The third kappa shape index (κ3) is 26.4. The van der Waals surface area contributed by atoms with Gasteiger partial charge in [-0.3, -0.25) is 82.4 Å². The summed E-state index contributed by atoms with van der Waals surface area (Å²) in [4.78, 5) is 151. The summed E-state index contributed by atoms with van der Waals surface area (Å²) in [7, 11) is 1.15. The number of hydrogen-bond acceptors (Lipinski definition) is 21. The fourth-order valence-electron chi connectivity index (χ4n) is 11.3. The van der Waals surface area contributed by atoms with E-state index in [1.807, 2.05) is 37.3 Å². The Labute approximate surface area is 557 Å². The van der Waals surface area contributed by atoms with Crippen molar-refractivity contribution in [2.75, 3.05) is 145 Å². The van der Waals surface area contributed by atoms with Crippen LogP contribution in [0.15, 0.2) is 59.7 Å². The van der Waals surface area contributed by atoms with E-state index in [0.29, 0.717) is 74.2 Å². The maximum Gasteiger partial charge on any atom is 0.317 e. The second-order valence-electron chi connectivity index (χ2n) is 24.0. The Morgan fingerprint density at radius 2 is 1.36 bits per heavy atom. The lowest BCUT2D eigenvalue weighted by molar-refractivity contribution is -0.147. The molecule has 31 heteroatoms. The van der Waals surface area contributed by atoms with E-state index in [0.717, 1.165) is 29.6 Å². The molecular weight excluding hydrogens is 1260 g/mol. The van der Waals surface area contributed by atoms with E-state index in [4.69, 9.17) is 9.47 Å². The van der Waals surface area contributed by atoms with Gasteiger partial charge in [0.1, 0.15) is 23.9 Å². The van der Waals surface area contributed by atoms with E-state index in [9.17, 15) is 72.9 Å². The SMILES string of the molecule is COC(=O)C[C@H](NC(=O)[C@H](CCCC/N=C(\C)NC(=O)CCCc1ccc(C)cc1)NC(=O)CN1CCN(CC(=O)O)CCN(CC(=O)O)CCN(CC(=O)O)CC1)C(=O)N1CCN(CCCOc2ccc3nccc(C(=O)NCC(=O)N4CC(F)(S)C[C@@H]4C#N)c3c2)CC1. The van der Waals surface area contributed by atoms with Gasteiger partial charge in [0.15, 0.2) is 5.00 Å². The lowest BCUT2D eigenvalue weighted by atomic mass is 10.1. The molecule has 6 rings (SSSR count). The van der Waals surface area contributed by atoms with Crippen molar-refractivity contribution in [2.45, 2.75) is 94.8 Å². The molecule has 2 aromatic carbocycles. The summed E-state index contributed by atoms with van der Waals surface area (Å²) in [5, 5.41) is 47.8. The molecule has 1 unspecified atom stereocenters. The van der Waals surface area contributed by atoms with Crippen LogP contribution in [0.25, 0.3) is 10.9 Å². The number of nitrogens with one attached hydrogen (secondary N) is 4. The van der Waals surface area contributed by atoms with Gasteiger partial charge in [0.05, 0.1) is 82.4 Å². The number of benzene rings is 2. The molecule has 7 N–H and O–H groups in total. The first kappa shape index (κ1) is 75.6. The number of pyridine rings is 1. The summed E-state index contributed by atoms with van der Waals surface area (Å²) in [5.74, 6) is -6.57. The Hall–Kier alpha value is -8.41. The zero-order valence-electron chi connectivity index (χ0n) is 54.2. The molecule has 0 saturated carbocycles. The number of aliphatic imine (C=N–C) groups is 1. The number of hydrogen-bond donors (Lipinski definition) is 8. The van der Waals surface area contributed by atoms with Crippen LogP contribution in [0.5, 0.6) is 5.75 Å². The number of esters is 1. The molecule has 3 saturated heterocycles. The third-order valence-corrected chi connectivity index (χ3v) is 16.8. The molecule has 0 bridgehead atoms. The van der Waals surface area contributed by atoms with E-state index in [1.165, 1.54) is 17.2 Å². The van der Waals surface area contributed by atoms with Crippen LogP contribution >= 0.6 is 12.6 Å². The Kier molecular flexibility index (Phi) is 30.4. The standard InChI is InChI=1S/C64H89FN14O15S/c1-44-11-13-46(14-12-44)8-6-10-54(80)70-45(2)67-18-5-4-9-52(71-55(81)39-74-21-23-75(40-57(83)84)25-27-77(42-59(87)88)28-26-76(24-22-74)41-58(85)86)62(91)72-53(35-60(89)93-3)63(92)78-31-29-73(30-32-78)20-7-33-94-48-15-16-51-50(34-48)49(17-19-68-51)61(90)69-38-56(82)79-43-64(65,95)36-47(79)37-66/h11-17,19,34,47,52-53,95H,4-10,18,20-33,35-36,38-43H2,1-3H3,(H,69,90)(H,71,81)(H,72,91)(H,83,84)(H,85,86)(H,87,88)(H,67,70,80)/t47-,52+,53+,64?/m1/s1. The number of methoxy groups -OCH3 is 1. The van der Waals surface area contributed by atoms with Crippen LogP contribution in [0.3, 0.4) is 0 Å². The predicted octanol–water partition coefficient (Wildman–Crippen LogP) is 0.642. The molecule has 0 radical (unpaired) electrons. The van der Waals surface area contributed by atoms with Gasteiger partial charge in [-0.05, 0) is 82.2 Å². The molecule has 3 aliphatic rings. The maximum absolute atomic E-state index is 14.5. The number of nitriles is 1. The molecule has 29 nitrogen and oxygen atoms in total. The minimum atomic E-state index is -2.02. The minimum Gasteiger partial charge on any atom is -0.494 e. The number of nitrogens with zero attached hydrogens (tertiary/aromatic N) is 10. The van der Waals surface area contributed by atoms with Crippen molar-refractivity contribution in [3.63, 3.8) is 0 Å². The van der Waals surface area contributed by atoms with Crippen LogP contribution in [0, 0.1) is 18.3 Å². The van der Waals surface area contributed by atoms with Crippen LogP contribution in [-0.2, 0) is 54.3 Å². The second kappa shape index (κ2) is 38.2. The van der Waals surface area contributed by atoms with Gasteiger partial charge >= 0.3 is 23.9 Å². The van der Waals surface area contributed by atoms with E-state index >= 15 is 0 Å². The summed E-state index contributed by atoms with van der Waals surface area (Å²) in [6, 6.07) is 12.9. The number of carboxylic acids is 3. The smallest absolute Gasteiger partial charge is 0.317 e. The van der Waals surface area contributed by atoms with Gasteiger partial charge in [-0.2, -0.15) is 5.26 Å². The number of amides is 6. The van der Waals surface area contributed by atoms with Crippen molar-refractivity contribution < 1.29 is 77.1 Å². The lowest BCUT2D eigenvalue weighted by Gasteiger charge is -2.36. The number of fused-ring (bicyclic) bond motifs is 1. The van der Waals surface area contributed by atoms with Crippen molar-refractivity contribution in [3.8, 4) is 11.8 Å². The van der Waals surface area contributed by atoms with Crippen LogP contribution in [0.4, 0.5) is 4.39 Å². The lowest BCUT2D eigenvalue weighted by Crippen LogP contribution is -2.58. The number of halogens is 1. The molecule has 3 aliphatic heterocycles. The average molecular weight is 1350 g/mol. The number of aliphatic carboxylic acids is 3. The number of amidine groups is 1. The number of carboxylic acid groups (broad SMARTS) is 3. The Bertz CT molecular complexity index is 3190. The number of aromatic nitrogens is 1. The number of piperazine rings is 1. The Balaban J connectivity index is 1.06. The Morgan fingerprint density at radius 3 is 1.95 bits per heavy atom. The average Bonchev–Trinajstić information content (AvgIpc) is 1.63. The largest absolute Gasteiger partial charge is 0.494 e. The number of unbranched alkanes of at least 4 members (excludes halogenated alkanes) is 1. The first-order chi connectivity index (χ1) is 45.4. The highest BCUT2D eigenvalue weighted by molar-refractivity contribution is 7.81. The number of likely N-dealkylation sites (tertiary alicyclic amines) is 1. The molecule has 0 aliphatic carbocycles. The van der Waals surface area contributed by atoms with Crippen molar-refractivity contribution in [1.29, 1.82) is 5.26 Å². The summed E-state index contributed by atoms with van der Waals surface area (Å²) in [5.41, 5.74) is 2.99. The van der Waals surface area contributed by atoms with E-state index in [-0.39, 0.29) is 136 Å². The molecule has 3 fully saturated rings. The zero-order valence-corrected chi connectivity index (χ0v) is 55.1. The van der Waals surface area contributed by atoms with Crippen LogP contribution in [0.1, 0.15) is 79.8 Å². The highest BCUT2D eigenvalue weighted by Gasteiger charge is 2.44. The fraction of sp³-hybridized carbons (Fsp3) is 0.578. The van der Waals surface area contributed by atoms with E-state index in [2.05, 4.69) is 48.8 Å². The zero-order chi connectivity index (χ0) is 69.0. The second-order valence-corrected chi connectivity index (χ2v) is 24.8. The third-order valence-electron chi connectivity index (χ3n) is 16.5. The number of aryl methyl sites for hydroxylation is 2. The fourth-order valence-corrected chi connectivity index (χ4v) is 11.6.